The smallest absolute Gasteiger partial charge is 0.164 e. The first-order valence-corrected chi connectivity index (χ1v) is 6.90. The van der Waals surface area contributed by atoms with Gasteiger partial charge in [-0.1, -0.05) is 32.1 Å². The van der Waals surface area contributed by atoms with Crippen molar-refractivity contribution in [1.82, 2.24) is 19.7 Å². The van der Waals surface area contributed by atoms with Crippen molar-refractivity contribution in [3.05, 3.63) is 30.8 Å². The summed E-state index contributed by atoms with van der Waals surface area (Å²) < 4.78 is 1.93. The SMILES string of the molecule is C=C(C=CC)c1nn(C(C)CCC)c2ncnc(N)c12. The lowest BCUT2D eigenvalue weighted by molar-refractivity contribution is 0.464. The van der Waals surface area contributed by atoms with Crippen LogP contribution < -0.4 is 5.73 Å². The third kappa shape index (κ3) is 2.43. The number of fused-ring (bicyclic) bond motifs is 1. The van der Waals surface area contributed by atoms with Gasteiger partial charge in [-0.3, -0.25) is 0 Å². The standard InChI is InChI=1S/C15H21N5/c1-5-7-10(3)13-12-14(16)17-9-18-15(12)20(19-13)11(4)8-6-2/h5,7,9,11H,3,6,8H2,1-2,4H3,(H2,16,17,18). The van der Waals surface area contributed by atoms with Crippen LogP contribution in [0, 0.1) is 0 Å². The molecule has 0 aliphatic heterocycles. The molecule has 5 heteroatoms. The third-order valence-electron chi connectivity index (χ3n) is 3.31. The number of nitrogen functional groups attached to an aromatic ring is 1. The number of allylic oxidation sites excluding steroid dienone is 3. The van der Waals surface area contributed by atoms with Crippen molar-refractivity contribution in [2.45, 2.75) is 39.7 Å². The summed E-state index contributed by atoms with van der Waals surface area (Å²) in [5.74, 6) is 0.450. The summed E-state index contributed by atoms with van der Waals surface area (Å²) >= 11 is 0. The highest BCUT2D eigenvalue weighted by atomic mass is 15.3. The van der Waals surface area contributed by atoms with Gasteiger partial charge in [0.25, 0.3) is 0 Å². The molecule has 0 saturated carbocycles. The van der Waals surface area contributed by atoms with Gasteiger partial charge in [0.05, 0.1) is 11.4 Å². The molecule has 0 saturated heterocycles. The normalized spacial score (nSPS) is 13.2. The van der Waals surface area contributed by atoms with E-state index < -0.39 is 0 Å². The van der Waals surface area contributed by atoms with Gasteiger partial charge in [0.15, 0.2) is 5.65 Å². The van der Waals surface area contributed by atoms with E-state index in [0.29, 0.717) is 5.82 Å². The number of nitrogens with two attached hydrogens (primary N) is 1. The van der Waals surface area contributed by atoms with Crippen LogP contribution in [-0.2, 0) is 0 Å². The first-order chi connectivity index (χ1) is 9.60. The van der Waals surface area contributed by atoms with Crippen LogP contribution in [0.5, 0.6) is 0 Å². The highest BCUT2D eigenvalue weighted by Crippen LogP contribution is 2.29. The molecular formula is C15H21N5. The zero-order valence-corrected chi connectivity index (χ0v) is 12.3. The molecule has 106 valence electrons. The zero-order valence-electron chi connectivity index (χ0n) is 12.3. The number of hydrogen-bond acceptors (Lipinski definition) is 4. The predicted molar refractivity (Wildman–Crippen MR) is 83.2 cm³/mol. The van der Waals surface area contributed by atoms with Crippen LogP contribution in [-0.4, -0.2) is 19.7 Å². The lowest BCUT2D eigenvalue weighted by Gasteiger charge is -2.11. The minimum absolute atomic E-state index is 0.268. The average molecular weight is 271 g/mol. The van der Waals surface area contributed by atoms with E-state index in [1.54, 1.807) is 0 Å². The fourth-order valence-corrected chi connectivity index (χ4v) is 2.35. The Hall–Kier alpha value is -2.17. The minimum Gasteiger partial charge on any atom is -0.383 e. The molecule has 2 rings (SSSR count). The first kappa shape index (κ1) is 14.2. The number of anilines is 1. The Kier molecular flexibility index (Phi) is 4.17. The topological polar surface area (TPSA) is 69.6 Å². The van der Waals surface area contributed by atoms with Crippen LogP contribution in [0.4, 0.5) is 5.82 Å². The minimum atomic E-state index is 0.268. The van der Waals surface area contributed by atoms with E-state index in [-0.39, 0.29) is 6.04 Å². The van der Waals surface area contributed by atoms with Crippen LogP contribution >= 0.6 is 0 Å². The van der Waals surface area contributed by atoms with Gasteiger partial charge in [0, 0.05) is 0 Å². The Bertz CT molecular complexity index is 654. The van der Waals surface area contributed by atoms with Gasteiger partial charge in [-0.25, -0.2) is 14.6 Å². The van der Waals surface area contributed by atoms with Gasteiger partial charge >= 0.3 is 0 Å². The second-order valence-electron chi connectivity index (χ2n) is 4.91. The summed E-state index contributed by atoms with van der Waals surface area (Å²) in [5, 5.41) is 5.46. The molecule has 0 radical (unpaired) electrons. The Morgan fingerprint density at radius 3 is 2.90 bits per heavy atom. The van der Waals surface area contributed by atoms with E-state index in [2.05, 4.69) is 35.5 Å². The summed E-state index contributed by atoms with van der Waals surface area (Å²) in [6, 6.07) is 0.268. The molecule has 2 aromatic heterocycles. The third-order valence-corrected chi connectivity index (χ3v) is 3.31. The molecule has 2 heterocycles. The van der Waals surface area contributed by atoms with E-state index in [4.69, 9.17) is 5.73 Å². The molecule has 0 aliphatic carbocycles. The summed E-state index contributed by atoms with van der Waals surface area (Å²) in [6.07, 6.45) is 7.47. The van der Waals surface area contributed by atoms with Crippen molar-refractivity contribution in [1.29, 1.82) is 0 Å². The summed E-state index contributed by atoms with van der Waals surface area (Å²) in [7, 11) is 0. The maximum atomic E-state index is 6.01. The van der Waals surface area contributed by atoms with Crippen LogP contribution in [0.1, 0.15) is 45.3 Å². The second-order valence-corrected chi connectivity index (χ2v) is 4.91. The Morgan fingerprint density at radius 1 is 1.50 bits per heavy atom. The second kappa shape index (κ2) is 5.86. The van der Waals surface area contributed by atoms with Crippen LogP contribution in [0.15, 0.2) is 25.1 Å². The van der Waals surface area contributed by atoms with Gasteiger partial charge < -0.3 is 5.73 Å². The predicted octanol–water partition coefficient (Wildman–Crippen LogP) is 3.36. The summed E-state index contributed by atoms with van der Waals surface area (Å²) in [6.45, 7) is 10.3. The first-order valence-electron chi connectivity index (χ1n) is 6.90. The van der Waals surface area contributed by atoms with Crippen molar-refractivity contribution in [2.75, 3.05) is 5.73 Å². The van der Waals surface area contributed by atoms with Crippen LogP contribution in [0.2, 0.25) is 0 Å². The molecular weight excluding hydrogens is 250 g/mol. The Balaban J connectivity index is 2.67. The molecule has 1 atom stereocenters. The number of rotatable bonds is 5. The number of nitrogens with zero attached hydrogens (tertiary/aromatic N) is 4. The Morgan fingerprint density at radius 2 is 2.25 bits per heavy atom. The molecule has 20 heavy (non-hydrogen) atoms. The fraction of sp³-hybridized carbons (Fsp3) is 0.400. The quantitative estimate of drug-likeness (QED) is 0.846. The number of aromatic nitrogens is 4. The van der Waals surface area contributed by atoms with E-state index in [1.807, 2.05) is 23.8 Å². The summed E-state index contributed by atoms with van der Waals surface area (Å²) in [4.78, 5) is 8.43. The molecule has 0 spiro atoms. The lowest BCUT2D eigenvalue weighted by atomic mass is 10.1. The highest BCUT2D eigenvalue weighted by Gasteiger charge is 2.19. The molecule has 0 aromatic carbocycles. The Labute approximate surface area is 119 Å². The maximum absolute atomic E-state index is 6.01. The summed E-state index contributed by atoms with van der Waals surface area (Å²) in [5.41, 5.74) is 8.37. The van der Waals surface area contributed by atoms with E-state index in [1.165, 1.54) is 6.33 Å². The molecule has 0 amide bonds. The molecule has 0 aliphatic rings. The van der Waals surface area contributed by atoms with Gasteiger partial charge in [0.2, 0.25) is 0 Å². The van der Waals surface area contributed by atoms with Crippen molar-refractivity contribution in [3.8, 4) is 0 Å². The van der Waals surface area contributed by atoms with Gasteiger partial charge in [-0.05, 0) is 25.8 Å². The molecule has 5 nitrogen and oxygen atoms in total. The van der Waals surface area contributed by atoms with Crippen molar-refractivity contribution < 1.29 is 0 Å². The largest absolute Gasteiger partial charge is 0.383 e. The monoisotopic (exact) mass is 271 g/mol. The molecule has 0 fully saturated rings. The van der Waals surface area contributed by atoms with E-state index in [9.17, 15) is 0 Å². The molecule has 0 bridgehead atoms. The number of hydrogen-bond donors (Lipinski definition) is 1. The van der Waals surface area contributed by atoms with Gasteiger partial charge in [0.1, 0.15) is 17.8 Å². The van der Waals surface area contributed by atoms with Crippen molar-refractivity contribution in [2.24, 2.45) is 0 Å². The van der Waals surface area contributed by atoms with Crippen molar-refractivity contribution in [3.63, 3.8) is 0 Å². The van der Waals surface area contributed by atoms with E-state index in [0.717, 1.165) is 35.1 Å². The van der Waals surface area contributed by atoms with Gasteiger partial charge in [-0.15, -0.1) is 0 Å². The average Bonchev–Trinajstić information content (AvgIpc) is 2.80. The van der Waals surface area contributed by atoms with Crippen molar-refractivity contribution >= 4 is 22.4 Å². The van der Waals surface area contributed by atoms with Crippen LogP contribution in [0.25, 0.3) is 16.6 Å². The molecule has 2 N–H and O–H groups in total. The lowest BCUT2D eigenvalue weighted by Crippen LogP contribution is -2.07. The van der Waals surface area contributed by atoms with Gasteiger partial charge in [-0.2, -0.15) is 5.10 Å². The maximum Gasteiger partial charge on any atom is 0.164 e. The van der Waals surface area contributed by atoms with Crippen LogP contribution in [0.3, 0.4) is 0 Å². The molecule has 1 unspecified atom stereocenters. The fourth-order valence-electron chi connectivity index (χ4n) is 2.35. The molecule has 2 aromatic rings. The zero-order chi connectivity index (χ0) is 14.7. The van der Waals surface area contributed by atoms with E-state index >= 15 is 0 Å². The highest BCUT2D eigenvalue weighted by molar-refractivity contribution is 5.97.